The van der Waals surface area contributed by atoms with E-state index in [1.807, 2.05) is 44.2 Å². The highest BCUT2D eigenvalue weighted by Crippen LogP contribution is 2.45. The van der Waals surface area contributed by atoms with Crippen LogP contribution in [0, 0.1) is 5.41 Å². The van der Waals surface area contributed by atoms with Gasteiger partial charge in [-0.05, 0) is 11.0 Å². The van der Waals surface area contributed by atoms with Crippen LogP contribution in [-0.4, -0.2) is 11.8 Å². The predicted molar refractivity (Wildman–Crippen MR) is 74.9 cm³/mol. The number of rotatable bonds is 1. The van der Waals surface area contributed by atoms with Crippen LogP contribution in [0.2, 0.25) is 0 Å². The van der Waals surface area contributed by atoms with Gasteiger partial charge in [0.15, 0.2) is 5.78 Å². The lowest BCUT2D eigenvalue weighted by Crippen LogP contribution is -2.33. The summed E-state index contributed by atoms with van der Waals surface area (Å²) in [5.41, 5.74) is 1.61. The summed E-state index contributed by atoms with van der Waals surface area (Å²) < 4.78 is 5.37. The fourth-order valence-electron chi connectivity index (χ4n) is 3.18. The number of carbonyl (C=O) groups excluding carboxylic acids is 2. The third-order valence-corrected chi connectivity index (χ3v) is 4.04. The van der Waals surface area contributed by atoms with Crippen molar-refractivity contribution >= 4 is 11.8 Å². The van der Waals surface area contributed by atoms with Gasteiger partial charge in [0.25, 0.3) is 0 Å². The van der Waals surface area contributed by atoms with Crippen molar-refractivity contribution in [3.8, 4) is 0 Å². The minimum Gasteiger partial charge on any atom is -0.431 e. The molecule has 1 atom stereocenters. The van der Waals surface area contributed by atoms with E-state index >= 15 is 0 Å². The zero-order chi connectivity index (χ0) is 14.3. The van der Waals surface area contributed by atoms with E-state index < -0.39 is 0 Å². The lowest BCUT2D eigenvalue weighted by Gasteiger charge is -2.36. The molecule has 3 rings (SSSR count). The number of benzene rings is 1. The van der Waals surface area contributed by atoms with Crippen molar-refractivity contribution in [2.45, 2.75) is 39.0 Å². The molecule has 0 bridgehead atoms. The first-order chi connectivity index (χ1) is 9.46. The quantitative estimate of drug-likeness (QED) is 0.735. The summed E-state index contributed by atoms with van der Waals surface area (Å²) in [6.45, 7) is 4.07. The van der Waals surface area contributed by atoms with Crippen LogP contribution in [-0.2, 0) is 14.3 Å². The lowest BCUT2D eigenvalue weighted by molar-refractivity contribution is -0.142. The van der Waals surface area contributed by atoms with E-state index in [-0.39, 0.29) is 29.5 Å². The van der Waals surface area contributed by atoms with E-state index in [0.717, 1.165) is 11.1 Å². The Balaban J connectivity index is 2.07. The average Bonchev–Trinajstić information content (AvgIpc) is 2.36. The van der Waals surface area contributed by atoms with Gasteiger partial charge < -0.3 is 4.74 Å². The second-order valence-electron chi connectivity index (χ2n) is 6.42. The lowest BCUT2D eigenvalue weighted by atomic mass is 9.71. The molecule has 2 aliphatic rings. The fraction of sp³-hybridized carbons (Fsp3) is 0.412. The molecule has 1 aliphatic carbocycles. The molecule has 0 radical (unpaired) electrons. The number of ether oxygens (including phenoxy) is 1. The van der Waals surface area contributed by atoms with Crippen molar-refractivity contribution in [1.29, 1.82) is 0 Å². The summed E-state index contributed by atoms with van der Waals surface area (Å²) >= 11 is 0. The van der Waals surface area contributed by atoms with E-state index in [1.54, 1.807) is 0 Å². The minimum absolute atomic E-state index is 0.123. The Kier molecular flexibility index (Phi) is 3.00. The maximum absolute atomic E-state index is 12.5. The molecule has 20 heavy (non-hydrogen) atoms. The first-order valence-corrected chi connectivity index (χ1v) is 6.98. The van der Waals surface area contributed by atoms with Gasteiger partial charge in [0.2, 0.25) is 0 Å². The molecule has 0 spiro atoms. The molecule has 1 heterocycles. The highest BCUT2D eigenvalue weighted by atomic mass is 16.5. The van der Waals surface area contributed by atoms with Crippen molar-refractivity contribution in [2.75, 3.05) is 0 Å². The third kappa shape index (κ3) is 2.28. The Hall–Kier alpha value is -1.90. The highest BCUT2D eigenvalue weighted by Gasteiger charge is 2.41. The Bertz CT molecular complexity index is 596. The molecule has 0 unspecified atom stereocenters. The molecule has 1 aromatic rings. The summed E-state index contributed by atoms with van der Waals surface area (Å²) in [5.74, 6) is 0.341. The van der Waals surface area contributed by atoms with Gasteiger partial charge >= 0.3 is 5.97 Å². The number of hydrogen-bond acceptors (Lipinski definition) is 3. The Morgan fingerprint density at radius 1 is 1.10 bits per heavy atom. The van der Waals surface area contributed by atoms with E-state index in [9.17, 15) is 9.59 Å². The van der Waals surface area contributed by atoms with Gasteiger partial charge in [-0.15, -0.1) is 0 Å². The van der Waals surface area contributed by atoms with Gasteiger partial charge in [-0.3, -0.25) is 9.59 Å². The molecule has 0 fully saturated rings. The SMILES string of the molecule is CC1(C)CC(=O)C2=C(C1)OC(=O)C[C@H]2c1ccccc1. The molecule has 0 saturated heterocycles. The van der Waals surface area contributed by atoms with E-state index in [2.05, 4.69) is 0 Å². The first-order valence-electron chi connectivity index (χ1n) is 6.98. The second kappa shape index (κ2) is 4.58. The van der Waals surface area contributed by atoms with Crippen LogP contribution in [0.5, 0.6) is 0 Å². The summed E-state index contributed by atoms with van der Waals surface area (Å²) in [6, 6.07) is 9.76. The minimum atomic E-state index is -0.233. The number of hydrogen-bond donors (Lipinski definition) is 0. The van der Waals surface area contributed by atoms with Crippen LogP contribution in [0.1, 0.15) is 44.6 Å². The fourth-order valence-corrected chi connectivity index (χ4v) is 3.18. The van der Waals surface area contributed by atoms with Crippen LogP contribution in [0.15, 0.2) is 41.7 Å². The average molecular weight is 270 g/mol. The molecule has 3 nitrogen and oxygen atoms in total. The number of Topliss-reactive ketones (excluding diaryl/α,β-unsaturated/α-hetero) is 1. The highest BCUT2D eigenvalue weighted by molar-refractivity contribution is 6.00. The van der Waals surface area contributed by atoms with Gasteiger partial charge in [-0.1, -0.05) is 44.2 Å². The standard InChI is InChI=1S/C17H18O3/c1-17(2)9-13(18)16-12(11-6-4-3-5-7-11)8-15(19)20-14(16)10-17/h3-7,12H,8-10H2,1-2H3/t12-/m0/s1. The molecular formula is C17H18O3. The van der Waals surface area contributed by atoms with E-state index in [0.29, 0.717) is 18.6 Å². The maximum Gasteiger partial charge on any atom is 0.311 e. The number of ketones is 1. The van der Waals surface area contributed by atoms with Crippen molar-refractivity contribution in [3.05, 3.63) is 47.2 Å². The number of esters is 1. The van der Waals surface area contributed by atoms with Crippen molar-refractivity contribution < 1.29 is 14.3 Å². The van der Waals surface area contributed by atoms with Crippen molar-refractivity contribution in [1.82, 2.24) is 0 Å². The third-order valence-electron chi connectivity index (χ3n) is 4.04. The molecule has 0 aromatic heterocycles. The number of carbonyl (C=O) groups is 2. The largest absolute Gasteiger partial charge is 0.431 e. The van der Waals surface area contributed by atoms with Crippen molar-refractivity contribution in [3.63, 3.8) is 0 Å². The molecular weight excluding hydrogens is 252 g/mol. The van der Waals surface area contributed by atoms with E-state index in [1.165, 1.54) is 0 Å². The van der Waals surface area contributed by atoms with Crippen LogP contribution >= 0.6 is 0 Å². The van der Waals surface area contributed by atoms with Crippen LogP contribution in [0.25, 0.3) is 0 Å². The smallest absolute Gasteiger partial charge is 0.311 e. The van der Waals surface area contributed by atoms with Gasteiger partial charge in [-0.2, -0.15) is 0 Å². The van der Waals surface area contributed by atoms with Crippen LogP contribution < -0.4 is 0 Å². The molecule has 0 amide bonds. The molecule has 3 heteroatoms. The Morgan fingerprint density at radius 3 is 2.50 bits per heavy atom. The van der Waals surface area contributed by atoms with E-state index in [4.69, 9.17) is 4.74 Å². The van der Waals surface area contributed by atoms with Crippen LogP contribution in [0.4, 0.5) is 0 Å². The van der Waals surface area contributed by atoms with Crippen molar-refractivity contribution in [2.24, 2.45) is 5.41 Å². The summed E-state index contributed by atoms with van der Waals surface area (Å²) in [5, 5.41) is 0. The summed E-state index contributed by atoms with van der Waals surface area (Å²) in [7, 11) is 0. The zero-order valence-corrected chi connectivity index (χ0v) is 11.8. The Morgan fingerprint density at radius 2 is 1.80 bits per heavy atom. The normalized spacial score (nSPS) is 25.2. The van der Waals surface area contributed by atoms with Gasteiger partial charge in [0, 0.05) is 24.3 Å². The van der Waals surface area contributed by atoms with Gasteiger partial charge in [0.05, 0.1) is 6.42 Å². The molecule has 0 saturated carbocycles. The molecule has 1 aromatic carbocycles. The summed E-state index contributed by atoms with van der Waals surface area (Å²) in [4.78, 5) is 24.3. The predicted octanol–water partition coefficient (Wildman–Crippen LogP) is 3.36. The molecule has 1 aliphatic heterocycles. The van der Waals surface area contributed by atoms with Gasteiger partial charge in [0.1, 0.15) is 5.76 Å². The van der Waals surface area contributed by atoms with Crippen LogP contribution in [0.3, 0.4) is 0 Å². The zero-order valence-electron chi connectivity index (χ0n) is 11.8. The molecule has 104 valence electrons. The number of allylic oxidation sites excluding steroid dienone is 2. The first kappa shape index (κ1) is 13.1. The molecule has 0 N–H and O–H groups in total. The van der Waals surface area contributed by atoms with Gasteiger partial charge in [-0.25, -0.2) is 0 Å². The maximum atomic E-state index is 12.5. The Labute approximate surface area is 118 Å². The topological polar surface area (TPSA) is 43.4 Å². The monoisotopic (exact) mass is 270 g/mol. The second-order valence-corrected chi connectivity index (χ2v) is 6.42. The summed E-state index contributed by atoms with van der Waals surface area (Å²) in [6.07, 6.45) is 1.44.